The van der Waals surface area contributed by atoms with Crippen LogP contribution in [0.15, 0.2) is 109 Å². The molecule has 4 aromatic carbocycles. The Morgan fingerprint density at radius 3 is 1.19 bits per heavy atom. The monoisotopic (exact) mass is 424 g/mol. The Morgan fingerprint density at radius 2 is 0.812 bits per heavy atom. The van der Waals surface area contributed by atoms with Gasteiger partial charge in [-0.05, 0) is 36.4 Å². The lowest BCUT2D eigenvalue weighted by atomic mass is 9.91. The molecule has 0 saturated heterocycles. The summed E-state index contributed by atoms with van der Waals surface area (Å²) < 4.78 is 11.5. The zero-order valence-electron chi connectivity index (χ0n) is 18.4. The highest BCUT2D eigenvalue weighted by Crippen LogP contribution is 2.41. The minimum absolute atomic E-state index is 0.148. The minimum Gasteiger partial charge on any atom is -0.496 e. The van der Waals surface area contributed by atoms with Gasteiger partial charge in [-0.2, -0.15) is 0 Å². The molecule has 2 atom stereocenters. The van der Waals surface area contributed by atoms with Crippen LogP contribution in [0.2, 0.25) is 0 Å². The van der Waals surface area contributed by atoms with E-state index in [-0.39, 0.29) is 12.1 Å². The van der Waals surface area contributed by atoms with Crippen molar-refractivity contribution in [2.75, 3.05) is 24.9 Å². The number of hydrogen-bond donors (Lipinski definition) is 2. The second-order valence-electron chi connectivity index (χ2n) is 7.46. The van der Waals surface area contributed by atoms with E-state index >= 15 is 0 Å². The third kappa shape index (κ3) is 4.86. The smallest absolute Gasteiger partial charge is 0.124 e. The lowest BCUT2D eigenvalue weighted by molar-refractivity contribution is 0.397. The van der Waals surface area contributed by atoms with E-state index in [1.54, 1.807) is 14.2 Å². The molecule has 0 radical (unpaired) electrons. The summed E-state index contributed by atoms with van der Waals surface area (Å²) in [5, 5.41) is 7.48. The Hall–Kier alpha value is -3.92. The highest BCUT2D eigenvalue weighted by Gasteiger charge is 2.29. The summed E-state index contributed by atoms with van der Waals surface area (Å²) in [6, 6.07) is 36.4. The molecular weight excluding hydrogens is 396 g/mol. The normalized spacial score (nSPS) is 12.4. The molecule has 0 fully saturated rings. The first kappa shape index (κ1) is 21.3. The molecule has 4 rings (SSSR count). The van der Waals surface area contributed by atoms with Crippen molar-refractivity contribution < 1.29 is 9.47 Å². The molecule has 0 saturated carbocycles. The van der Waals surface area contributed by atoms with Crippen molar-refractivity contribution >= 4 is 11.4 Å². The van der Waals surface area contributed by atoms with Crippen molar-refractivity contribution in [1.82, 2.24) is 0 Å². The summed E-state index contributed by atoms with van der Waals surface area (Å²) in [5.74, 6) is 1.66. The molecule has 0 aliphatic heterocycles. The number of rotatable bonds is 9. The molecular formula is C28H28N2O2. The number of hydrogen-bond acceptors (Lipinski definition) is 4. The Kier molecular flexibility index (Phi) is 6.93. The Bertz CT molecular complexity index is 1030. The number of methoxy groups -OCH3 is 2. The molecule has 0 aliphatic rings. The van der Waals surface area contributed by atoms with Gasteiger partial charge in [0.1, 0.15) is 11.5 Å². The molecule has 0 aromatic heterocycles. The highest BCUT2D eigenvalue weighted by atomic mass is 16.5. The van der Waals surface area contributed by atoms with Crippen molar-refractivity contribution in [3.8, 4) is 11.5 Å². The molecule has 32 heavy (non-hydrogen) atoms. The van der Waals surface area contributed by atoms with Crippen LogP contribution >= 0.6 is 0 Å². The van der Waals surface area contributed by atoms with Gasteiger partial charge in [0.15, 0.2) is 0 Å². The molecule has 162 valence electrons. The van der Waals surface area contributed by atoms with Gasteiger partial charge in [0, 0.05) is 22.5 Å². The van der Waals surface area contributed by atoms with Crippen LogP contribution in [0.5, 0.6) is 11.5 Å². The highest BCUT2D eigenvalue weighted by molar-refractivity contribution is 5.55. The topological polar surface area (TPSA) is 42.5 Å². The van der Waals surface area contributed by atoms with Gasteiger partial charge < -0.3 is 20.1 Å². The average Bonchev–Trinajstić information content (AvgIpc) is 2.87. The number of ether oxygens (including phenoxy) is 2. The lowest BCUT2D eigenvalue weighted by Crippen LogP contribution is -2.26. The predicted molar refractivity (Wildman–Crippen MR) is 132 cm³/mol. The summed E-state index contributed by atoms with van der Waals surface area (Å²) >= 11 is 0. The van der Waals surface area contributed by atoms with Gasteiger partial charge in [0.2, 0.25) is 0 Å². The van der Waals surface area contributed by atoms with Crippen LogP contribution < -0.4 is 20.1 Å². The van der Waals surface area contributed by atoms with E-state index in [1.165, 1.54) is 0 Å². The maximum absolute atomic E-state index is 5.76. The molecule has 0 heterocycles. The molecule has 4 aromatic rings. The van der Waals surface area contributed by atoms with Crippen LogP contribution in [-0.4, -0.2) is 14.2 Å². The number of para-hydroxylation sites is 4. The van der Waals surface area contributed by atoms with E-state index in [1.807, 2.05) is 72.8 Å². The predicted octanol–water partition coefficient (Wildman–Crippen LogP) is 6.71. The molecule has 2 N–H and O–H groups in total. The second-order valence-corrected chi connectivity index (χ2v) is 7.46. The van der Waals surface area contributed by atoms with Gasteiger partial charge >= 0.3 is 0 Å². The SMILES string of the molecule is COc1ccccc1C(Nc1ccccc1)C(Nc1ccccc1)c1ccccc1OC. The van der Waals surface area contributed by atoms with Crippen LogP contribution in [-0.2, 0) is 0 Å². The standard InChI is InChI=1S/C28H28N2O2/c1-31-25-19-11-9-17-23(25)27(29-21-13-5-3-6-14-21)28(30-22-15-7-4-8-16-22)24-18-10-12-20-26(24)32-2/h3-20,27-30H,1-2H3. The maximum atomic E-state index is 5.76. The maximum Gasteiger partial charge on any atom is 0.124 e. The number of anilines is 2. The first-order chi connectivity index (χ1) is 15.8. The largest absolute Gasteiger partial charge is 0.496 e. The number of nitrogens with one attached hydrogen (secondary N) is 2. The third-order valence-corrected chi connectivity index (χ3v) is 5.47. The third-order valence-electron chi connectivity index (χ3n) is 5.47. The van der Waals surface area contributed by atoms with Crippen LogP contribution in [0.4, 0.5) is 11.4 Å². The van der Waals surface area contributed by atoms with E-state index in [2.05, 4.69) is 47.0 Å². The van der Waals surface area contributed by atoms with Gasteiger partial charge in [-0.15, -0.1) is 0 Å². The van der Waals surface area contributed by atoms with Crippen LogP contribution in [0, 0.1) is 0 Å². The van der Waals surface area contributed by atoms with Gasteiger partial charge in [0.05, 0.1) is 26.3 Å². The van der Waals surface area contributed by atoms with Crippen LogP contribution in [0.1, 0.15) is 23.2 Å². The fourth-order valence-electron chi connectivity index (χ4n) is 3.96. The minimum atomic E-state index is -0.148. The first-order valence-corrected chi connectivity index (χ1v) is 10.7. The van der Waals surface area contributed by atoms with Gasteiger partial charge in [-0.3, -0.25) is 0 Å². The van der Waals surface area contributed by atoms with E-state index in [9.17, 15) is 0 Å². The molecule has 4 heteroatoms. The van der Waals surface area contributed by atoms with Crippen molar-refractivity contribution in [1.29, 1.82) is 0 Å². The van der Waals surface area contributed by atoms with E-state index in [4.69, 9.17) is 9.47 Å². The van der Waals surface area contributed by atoms with Crippen molar-refractivity contribution in [2.45, 2.75) is 12.1 Å². The van der Waals surface area contributed by atoms with Crippen molar-refractivity contribution in [3.63, 3.8) is 0 Å². The quantitative estimate of drug-likeness (QED) is 0.313. The first-order valence-electron chi connectivity index (χ1n) is 10.7. The fourth-order valence-corrected chi connectivity index (χ4v) is 3.96. The molecule has 0 bridgehead atoms. The fraction of sp³-hybridized carbons (Fsp3) is 0.143. The number of benzene rings is 4. The second kappa shape index (κ2) is 10.4. The average molecular weight is 425 g/mol. The van der Waals surface area contributed by atoms with Gasteiger partial charge in [-0.25, -0.2) is 0 Å². The molecule has 0 spiro atoms. The zero-order chi connectivity index (χ0) is 22.2. The molecule has 0 aliphatic carbocycles. The Balaban J connectivity index is 1.87. The summed E-state index contributed by atoms with van der Waals surface area (Å²) in [6.45, 7) is 0. The molecule has 4 nitrogen and oxygen atoms in total. The Labute approximate surface area is 189 Å². The van der Waals surface area contributed by atoms with E-state index in [0.29, 0.717) is 0 Å². The molecule has 2 unspecified atom stereocenters. The van der Waals surface area contributed by atoms with Gasteiger partial charge in [0.25, 0.3) is 0 Å². The van der Waals surface area contributed by atoms with Crippen molar-refractivity contribution in [3.05, 3.63) is 120 Å². The van der Waals surface area contributed by atoms with Gasteiger partial charge in [-0.1, -0.05) is 72.8 Å². The van der Waals surface area contributed by atoms with E-state index < -0.39 is 0 Å². The zero-order valence-corrected chi connectivity index (χ0v) is 18.4. The van der Waals surface area contributed by atoms with Crippen molar-refractivity contribution in [2.24, 2.45) is 0 Å². The Morgan fingerprint density at radius 1 is 0.469 bits per heavy atom. The molecule has 0 amide bonds. The summed E-state index contributed by atoms with van der Waals surface area (Å²) in [5.41, 5.74) is 4.16. The summed E-state index contributed by atoms with van der Waals surface area (Å²) in [6.07, 6.45) is 0. The summed E-state index contributed by atoms with van der Waals surface area (Å²) in [7, 11) is 3.42. The van der Waals surface area contributed by atoms with Crippen LogP contribution in [0.25, 0.3) is 0 Å². The van der Waals surface area contributed by atoms with Crippen LogP contribution in [0.3, 0.4) is 0 Å². The lowest BCUT2D eigenvalue weighted by Gasteiger charge is -2.33. The van der Waals surface area contributed by atoms with E-state index in [0.717, 1.165) is 34.0 Å². The summed E-state index contributed by atoms with van der Waals surface area (Å²) in [4.78, 5) is 0.